The van der Waals surface area contributed by atoms with Crippen molar-refractivity contribution in [3.8, 4) is 5.75 Å². The van der Waals surface area contributed by atoms with Crippen LogP contribution in [0.2, 0.25) is 5.02 Å². The number of hydrogen-bond acceptors (Lipinski definition) is 3. The smallest absolute Gasteiger partial charge is 0.251 e. The largest absolute Gasteiger partial charge is 0.495 e. The van der Waals surface area contributed by atoms with Gasteiger partial charge in [-0.05, 0) is 62.1 Å². The number of nitrogens with one attached hydrogen (secondary N) is 1. The van der Waals surface area contributed by atoms with Crippen LogP contribution in [-0.4, -0.2) is 26.1 Å². The third kappa shape index (κ3) is 4.31. The summed E-state index contributed by atoms with van der Waals surface area (Å²) in [5, 5.41) is 3.45. The summed E-state index contributed by atoms with van der Waals surface area (Å²) >= 11 is 6.11. The molecule has 4 nitrogen and oxygen atoms in total. The zero-order valence-corrected chi connectivity index (χ0v) is 16.1. The summed E-state index contributed by atoms with van der Waals surface area (Å²) in [6, 6.07) is 13.4. The van der Waals surface area contributed by atoms with Crippen molar-refractivity contribution in [1.82, 2.24) is 5.32 Å². The summed E-state index contributed by atoms with van der Waals surface area (Å²) in [6.07, 6.45) is 3.85. The van der Waals surface area contributed by atoms with Gasteiger partial charge >= 0.3 is 0 Å². The fraction of sp³-hybridized carbons (Fsp3) is 0.381. The van der Waals surface area contributed by atoms with E-state index in [1.165, 1.54) is 24.9 Å². The van der Waals surface area contributed by atoms with Crippen LogP contribution in [0, 0.1) is 0 Å². The van der Waals surface area contributed by atoms with E-state index in [1.807, 2.05) is 6.92 Å². The molecule has 1 N–H and O–H groups in total. The lowest BCUT2D eigenvalue weighted by Gasteiger charge is -2.29. The van der Waals surface area contributed by atoms with E-state index in [9.17, 15) is 4.79 Å². The zero-order chi connectivity index (χ0) is 18.5. The van der Waals surface area contributed by atoms with Gasteiger partial charge in [0.25, 0.3) is 5.91 Å². The number of hydrogen-bond donors (Lipinski definition) is 1. The Morgan fingerprint density at radius 3 is 2.42 bits per heavy atom. The molecular formula is C21H25ClN2O2. The van der Waals surface area contributed by atoms with Crippen LogP contribution < -0.4 is 15.0 Å². The number of halogens is 1. The molecule has 2 aromatic rings. The SMILES string of the molecule is COc1ccc(C(=O)NC(C)c2ccc(N3CCCCC3)cc2)cc1Cl. The molecule has 0 aliphatic carbocycles. The highest BCUT2D eigenvalue weighted by molar-refractivity contribution is 6.32. The van der Waals surface area contributed by atoms with Gasteiger partial charge in [0.15, 0.2) is 0 Å². The Bertz CT molecular complexity index is 755. The van der Waals surface area contributed by atoms with E-state index < -0.39 is 0 Å². The lowest BCUT2D eigenvalue weighted by molar-refractivity contribution is 0.0940. The highest BCUT2D eigenvalue weighted by Crippen LogP contribution is 2.26. The Labute approximate surface area is 160 Å². The third-order valence-electron chi connectivity index (χ3n) is 4.88. The van der Waals surface area contributed by atoms with Crippen molar-refractivity contribution in [3.05, 3.63) is 58.6 Å². The topological polar surface area (TPSA) is 41.6 Å². The number of benzene rings is 2. The number of ether oxygens (including phenoxy) is 1. The summed E-state index contributed by atoms with van der Waals surface area (Å²) in [7, 11) is 1.55. The van der Waals surface area contributed by atoms with Crippen molar-refractivity contribution >= 4 is 23.2 Å². The van der Waals surface area contributed by atoms with Crippen molar-refractivity contribution in [2.75, 3.05) is 25.1 Å². The Kier molecular flexibility index (Phi) is 6.04. The molecule has 3 rings (SSSR count). The second-order valence-electron chi connectivity index (χ2n) is 6.68. The van der Waals surface area contributed by atoms with Gasteiger partial charge in [0.05, 0.1) is 18.2 Å². The van der Waals surface area contributed by atoms with Gasteiger partial charge < -0.3 is 15.0 Å². The molecule has 1 amide bonds. The van der Waals surface area contributed by atoms with E-state index in [0.29, 0.717) is 16.3 Å². The van der Waals surface area contributed by atoms with Gasteiger partial charge in [0.1, 0.15) is 5.75 Å². The van der Waals surface area contributed by atoms with Crippen LogP contribution >= 0.6 is 11.6 Å². The lowest BCUT2D eigenvalue weighted by Crippen LogP contribution is -2.29. The highest BCUT2D eigenvalue weighted by atomic mass is 35.5. The quantitative estimate of drug-likeness (QED) is 0.817. The predicted octanol–water partition coefficient (Wildman–Crippen LogP) is 4.83. The molecule has 2 aromatic carbocycles. The summed E-state index contributed by atoms with van der Waals surface area (Å²) < 4.78 is 5.12. The first-order chi connectivity index (χ1) is 12.6. The summed E-state index contributed by atoms with van der Waals surface area (Å²) in [4.78, 5) is 14.9. The molecule has 1 unspecified atom stereocenters. The maximum Gasteiger partial charge on any atom is 0.251 e. The van der Waals surface area contributed by atoms with E-state index in [-0.39, 0.29) is 11.9 Å². The number of amides is 1. The van der Waals surface area contributed by atoms with Gasteiger partial charge in [-0.3, -0.25) is 4.79 Å². The van der Waals surface area contributed by atoms with Crippen molar-refractivity contribution in [2.24, 2.45) is 0 Å². The van der Waals surface area contributed by atoms with E-state index in [2.05, 4.69) is 34.5 Å². The van der Waals surface area contributed by atoms with Crippen LogP contribution in [-0.2, 0) is 0 Å². The molecule has 0 radical (unpaired) electrons. The molecule has 5 heteroatoms. The minimum absolute atomic E-state index is 0.0845. The first-order valence-electron chi connectivity index (χ1n) is 9.08. The molecule has 0 saturated carbocycles. The van der Waals surface area contributed by atoms with Gasteiger partial charge in [0.2, 0.25) is 0 Å². The van der Waals surface area contributed by atoms with E-state index in [1.54, 1.807) is 25.3 Å². The summed E-state index contributed by atoms with van der Waals surface area (Å²) in [5.74, 6) is 0.409. The first-order valence-corrected chi connectivity index (χ1v) is 9.45. The fourth-order valence-electron chi connectivity index (χ4n) is 3.30. The third-order valence-corrected chi connectivity index (χ3v) is 5.17. The van der Waals surface area contributed by atoms with Crippen LogP contribution in [0.1, 0.15) is 48.1 Å². The minimum Gasteiger partial charge on any atom is -0.495 e. The van der Waals surface area contributed by atoms with Crippen molar-refractivity contribution < 1.29 is 9.53 Å². The number of carbonyl (C=O) groups is 1. The second-order valence-corrected chi connectivity index (χ2v) is 7.09. The Balaban J connectivity index is 1.64. The van der Waals surface area contributed by atoms with Gasteiger partial charge in [-0.1, -0.05) is 23.7 Å². The number of nitrogens with zero attached hydrogens (tertiary/aromatic N) is 1. The molecule has 138 valence electrons. The van der Waals surface area contributed by atoms with Crippen LogP contribution in [0.25, 0.3) is 0 Å². The maximum atomic E-state index is 12.5. The van der Waals surface area contributed by atoms with Gasteiger partial charge in [0, 0.05) is 24.3 Å². The molecule has 1 saturated heterocycles. The van der Waals surface area contributed by atoms with Gasteiger partial charge in [-0.2, -0.15) is 0 Å². The number of rotatable bonds is 5. The van der Waals surface area contributed by atoms with Crippen molar-refractivity contribution in [3.63, 3.8) is 0 Å². The van der Waals surface area contributed by atoms with Crippen molar-refractivity contribution in [2.45, 2.75) is 32.2 Å². The Hall–Kier alpha value is -2.20. The second kappa shape index (κ2) is 8.45. The molecule has 1 aliphatic rings. The standard InChI is InChI=1S/C21H25ClN2O2/c1-15(23-21(25)17-8-11-20(26-2)19(22)14-17)16-6-9-18(10-7-16)24-12-4-3-5-13-24/h6-11,14-15H,3-5,12-13H2,1-2H3,(H,23,25). The molecule has 0 aromatic heterocycles. The number of methoxy groups -OCH3 is 1. The normalized spacial score (nSPS) is 15.4. The lowest BCUT2D eigenvalue weighted by atomic mass is 10.1. The first kappa shape index (κ1) is 18.6. The Morgan fingerprint density at radius 2 is 1.81 bits per heavy atom. The Morgan fingerprint density at radius 1 is 1.12 bits per heavy atom. The maximum absolute atomic E-state index is 12.5. The molecule has 1 fully saturated rings. The van der Waals surface area contributed by atoms with Crippen LogP contribution in [0.15, 0.2) is 42.5 Å². The molecule has 26 heavy (non-hydrogen) atoms. The number of carbonyl (C=O) groups excluding carboxylic acids is 1. The number of piperidine rings is 1. The summed E-state index contributed by atoms with van der Waals surface area (Å²) in [5.41, 5.74) is 2.86. The molecule has 1 heterocycles. The monoisotopic (exact) mass is 372 g/mol. The fourth-order valence-corrected chi connectivity index (χ4v) is 3.55. The van der Waals surface area contributed by atoms with E-state index >= 15 is 0 Å². The van der Waals surface area contributed by atoms with Crippen LogP contribution in [0.4, 0.5) is 5.69 Å². The van der Waals surface area contributed by atoms with Gasteiger partial charge in [-0.15, -0.1) is 0 Å². The molecule has 1 atom stereocenters. The average Bonchev–Trinajstić information content (AvgIpc) is 2.68. The minimum atomic E-state index is -0.151. The zero-order valence-electron chi connectivity index (χ0n) is 15.3. The molecular weight excluding hydrogens is 348 g/mol. The van der Waals surface area contributed by atoms with Crippen molar-refractivity contribution in [1.29, 1.82) is 0 Å². The molecule has 1 aliphatic heterocycles. The molecule has 0 spiro atoms. The average molecular weight is 373 g/mol. The van der Waals surface area contributed by atoms with Crippen LogP contribution in [0.5, 0.6) is 5.75 Å². The van der Waals surface area contributed by atoms with E-state index in [0.717, 1.165) is 18.7 Å². The van der Waals surface area contributed by atoms with Gasteiger partial charge in [-0.25, -0.2) is 0 Å². The highest BCUT2D eigenvalue weighted by Gasteiger charge is 2.15. The molecule has 0 bridgehead atoms. The number of anilines is 1. The summed E-state index contributed by atoms with van der Waals surface area (Å²) in [6.45, 7) is 4.24. The van der Waals surface area contributed by atoms with E-state index in [4.69, 9.17) is 16.3 Å². The van der Waals surface area contributed by atoms with Crippen LogP contribution in [0.3, 0.4) is 0 Å². The predicted molar refractivity (Wildman–Crippen MR) is 106 cm³/mol.